The fraction of sp³-hybridized carbons (Fsp3) is 0.364. The topological polar surface area (TPSA) is 87.1 Å². The minimum absolute atomic E-state index is 0.0596. The minimum Gasteiger partial charge on any atom is -0.334 e. The molecule has 0 radical (unpaired) electrons. The van der Waals surface area contributed by atoms with E-state index in [4.69, 9.17) is 23.2 Å². The number of aromatic nitrogens is 4. The molecule has 43 heavy (non-hydrogen) atoms. The molecule has 1 N–H and O–H groups in total. The molecule has 2 fully saturated rings. The summed E-state index contributed by atoms with van der Waals surface area (Å²) in [6, 6.07) is 13.1. The average Bonchev–Trinajstić information content (AvgIpc) is 3.44. The van der Waals surface area contributed by atoms with Crippen molar-refractivity contribution in [2.24, 2.45) is 5.41 Å². The van der Waals surface area contributed by atoms with Crippen molar-refractivity contribution in [1.82, 2.24) is 35.1 Å². The lowest BCUT2D eigenvalue weighted by molar-refractivity contribution is -0.0643. The molecular formula is C33H33Cl2N7O. The fourth-order valence-corrected chi connectivity index (χ4v) is 7.44. The molecule has 0 bridgehead atoms. The number of likely N-dealkylation sites (tertiary alicyclic amines) is 2. The lowest BCUT2D eigenvalue weighted by atomic mass is 9.71. The third-order valence-corrected chi connectivity index (χ3v) is 10.3. The number of carbonyl (C=O) groups is 1. The van der Waals surface area contributed by atoms with Crippen LogP contribution in [-0.2, 0) is 13.0 Å². The summed E-state index contributed by atoms with van der Waals surface area (Å²) in [6.45, 7) is 6.05. The summed E-state index contributed by atoms with van der Waals surface area (Å²) >= 11 is 13.1. The van der Waals surface area contributed by atoms with Crippen molar-refractivity contribution in [1.29, 1.82) is 0 Å². The number of piperidine rings is 1. The maximum atomic E-state index is 13.0. The summed E-state index contributed by atoms with van der Waals surface area (Å²) in [5.41, 5.74) is 8.49. The van der Waals surface area contributed by atoms with Crippen LogP contribution in [0.5, 0.6) is 0 Å². The molecule has 1 spiro atoms. The second kappa shape index (κ2) is 11.5. The number of halogens is 2. The molecular weight excluding hydrogens is 581 g/mol. The Kier molecular flexibility index (Phi) is 7.53. The number of rotatable bonds is 5. The molecule has 8 nitrogen and oxygen atoms in total. The van der Waals surface area contributed by atoms with Gasteiger partial charge >= 0.3 is 6.03 Å². The van der Waals surface area contributed by atoms with Crippen LogP contribution in [0.3, 0.4) is 0 Å². The zero-order chi connectivity index (χ0) is 29.6. The number of nitrogens with one attached hydrogen (secondary N) is 1. The van der Waals surface area contributed by atoms with Gasteiger partial charge in [0.1, 0.15) is 6.33 Å². The molecule has 1 atom stereocenters. The zero-order valence-corrected chi connectivity index (χ0v) is 25.6. The van der Waals surface area contributed by atoms with Gasteiger partial charge in [-0.05, 0) is 66.8 Å². The van der Waals surface area contributed by atoms with E-state index in [0.29, 0.717) is 39.3 Å². The summed E-state index contributed by atoms with van der Waals surface area (Å²) in [7, 11) is 0. The van der Waals surface area contributed by atoms with Gasteiger partial charge in [-0.3, -0.25) is 14.9 Å². The maximum Gasteiger partial charge on any atom is 0.317 e. The second-order valence-corrected chi connectivity index (χ2v) is 12.8. The Labute approximate surface area is 261 Å². The molecule has 2 aromatic carbocycles. The van der Waals surface area contributed by atoms with Crippen molar-refractivity contribution in [2.75, 3.05) is 26.2 Å². The van der Waals surface area contributed by atoms with Crippen LogP contribution < -0.4 is 5.32 Å². The number of urea groups is 1. The first kappa shape index (κ1) is 28.2. The van der Waals surface area contributed by atoms with E-state index in [1.54, 1.807) is 24.9 Å². The third-order valence-electron chi connectivity index (χ3n) is 9.35. The highest BCUT2D eigenvalue weighted by molar-refractivity contribution is 6.44. The van der Waals surface area contributed by atoms with E-state index in [1.807, 2.05) is 30.0 Å². The van der Waals surface area contributed by atoms with E-state index in [1.165, 1.54) is 23.1 Å². The first-order valence-corrected chi connectivity index (χ1v) is 15.6. The number of nitrogens with zero attached hydrogens (tertiary/aromatic N) is 6. The quantitative estimate of drug-likeness (QED) is 0.276. The summed E-state index contributed by atoms with van der Waals surface area (Å²) in [4.78, 5) is 34.7. The highest BCUT2D eigenvalue weighted by atomic mass is 35.5. The SMILES string of the molecule is Cc1cc(-c2ccc3c(c2)CC[C@H]3N2CC3(CCN(C(=O)NCc4ccc(-c5cnccn5)c(Cl)c4Cl)CC3)C2)ncn1. The van der Waals surface area contributed by atoms with Crippen LogP contribution >= 0.6 is 23.2 Å². The number of carbonyl (C=O) groups excluding carboxylic acids is 1. The molecule has 10 heteroatoms. The van der Waals surface area contributed by atoms with E-state index in [2.05, 4.69) is 48.4 Å². The Balaban J connectivity index is 0.915. The first-order chi connectivity index (χ1) is 20.9. The van der Waals surface area contributed by atoms with Crippen LogP contribution in [0.15, 0.2) is 61.3 Å². The second-order valence-electron chi connectivity index (χ2n) is 12.1. The van der Waals surface area contributed by atoms with Gasteiger partial charge in [0.2, 0.25) is 0 Å². The number of fused-ring (bicyclic) bond motifs is 1. The lowest BCUT2D eigenvalue weighted by Crippen LogP contribution is -2.61. The molecule has 2 aliphatic heterocycles. The Morgan fingerprint density at radius 3 is 2.60 bits per heavy atom. The van der Waals surface area contributed by atoms with Gasteiger partial charge in [0.25, 0.3) is 0 Å². The number of amides is 2. The Morgan fingerprint density at radius 1 is 1.00 bits per heavy atom. The summed E-state index contributed by atoms with van der Waals surface area (Å²) in [5, 5.41) is 3.87. The van der Waals surface area contributed by atoms with E-state index in [9.17, 15) is 4.79 Å². The van der Waals surface area contributed by atoms with Gasteiger partial charge in [-0.15, -0.1) is 0 Å². The van der Waals surface area contributed by atoms with Gasteiger partial charge in [-0.2, -0.15) is 0 Å². The van der Waals surface area contributed by atoms with Gasteiger partial charge in [-0.1, -0.05) is 47.5 Å². The summed E-state index contributed by atoms with van der Waals surface area (Å²) < 4.78 is 0. The number of hydrogen-bond donors (Lipinski definition) is 1. The Bertz CT molecular complexity index is 1670. The van der Waals surface area contributed by atoms with E-state index < -0.39 is 0 Å². The van der Waals surface area contributed by atoms with E-state index >= 15 is 0 Å². The van der Waals surface area contributed by atoms with Crippen molar-refractivity contribution in [3.8, 4) is 22.5 Å². The molecule has 2 aromatic heterocycles. The number of aryl methyl sites for hydroxylation is 2. The van der Waals surface area contributed by atoms with Crippen LogP contribution in [0.25, 0.3) is 22.5 Å². The highest BCUT2D eigenvalue weighted by Crippen LogP contribution is 2.48. The molecule has 0 unspecified atom stereocenters. The summed E-state index contributed by atoms with van der Waals surface area (Å²) in [6.07, 6.45) is 10.8. The van der Waals surface area contributed by atoms with Gasteiger partial charge in [-0.25, -0.2) is 14.8 Å². The van der Waals surface area contributed by atoms with Crippen molar-refractivity contribution >= 4 is 29.2 Å². The monoisotopic (exact) mass is 613 g/mol. The number of benzene rings is 2. The largest absolute Gasteiger partial charge is 0.334 e. The van der Waals surface area contributed by atoms with Gasteiger partial charge in [0.15, 0.2) is 0 Å². The smallest absolute Gasteiger partial charge is 0.317 e. The molecule has 2 saturated heterocycles. The zero-order valence-electron chi connectivity index (χ0n) is 24.1. The third kappa shape index (κ3) is 5.48. The maximum absolute atomic E-state index is 13.0. The standard InChI is InChI=1S/C33H33Cl2N7O/c1-21-14-27(40-20-39-21)23-2-5-25-22(15-23)4-7-29(25)42-18-33(19-42)8-12-41(13-9-33)32(43)38-16-24-3-6-26(31(35)30(24)34)28-17-36-10-11-37-28/h2-3,5-6,10-11,14-15,17,20,29H,4,7-9,12-13,16,18-19H2,1H3,(H,38,43)/t29-/m1/s1. The van der Waals surface area contributed by atoms with Crippen LogP contribution in [0.2, 0.25) is 10.0 Å². The molecule has 0 saturated carbocycles. The van der Waals surface area contributed by atoms with Crippen molar-refractivity contribution < 1.29 is 4.79 Å². The van der Waals surface area contributed by atoms with Crippen LogP contribution in [0, 0.1) is 12.3 Å². The van der Waals surface area contributed by atoms with Crippen molar-refractivity contribution in [3.05, 3.63) is 93.7 Å². The molecule has 4 heterocycles. The van der Waals surface area contributed by atoms with Crippen LogP contribution in [0.1, 0.15) is 47.7 Å². The predicted octanol–water partition coefficient (Wildman–Crippen LogP) is 6.51. The highest BCUT2D eigenvalue weighted by Gasteiger charge is 2.48. The van der Waals surface area contributed by atoms with Crippen LogP contribution in [-0.4, -0.2) is 61.9 Å². The van der Waals surface area contributed by atoms with E-state index in [0.717, 1.165) is 62.4 Å². The van der Waals surface area contributed by atoms with E-state index in [-0.39, 0.29) is 6.03 Å². The molecule has 220 valence electrons. The summed E-state index contributed by atoms with van der Waals surface area (Å²) in [5.74, 6) is 0. The van der Waals surface area contributed by atoms with Gasteiger partial charge in [0.05, 0.1) is 27.6 Å². The van der Waals surface area contributed by atoms with Gasteiger partial charge < -0.3 is 10.2 Å². The van der Waals surface area contributed by atoms with Gasteiger partial charge in [0, 0.05) is 68.0 Å². The Hall–Kier alpha value is -3.59. The molecule has 3 aliphatic rings. The molecule has 2 amide bonds. The Morgan fingerprint density at radius 2 is 1.84 bits per heavy atom. The predicted molar refractivity (Wildman–Crippen MR) is 168 cm³/mol. The van der Waals surface area contributed by atoms with Crippen LogP contribution in [0.4, 0.5) is 4.79 Å². The van der Waals surface area contributed by atoms with Crippen molar-refractivity contribution in [3.63, 3.8) is 0 Å². The first-order valence-electron chi connectivity index (χ1n) is 14.8. The fourth-order valence-electron chi connectivity index (χ4n) is 6.93. The average molecular weight is 615 g/mol. The normalized spacial score (nSPS) is 19.2. The number of hydrogen-bond acceptors (Lipinski definition) is 6. The molecule has 4 aromatic rings. The van der Waals surface area contributed by atoms with Crippen molar-refractivity contribution in [2.45, 2.75) is 45.2 Å². The lowest BCUT2D eigenvalue weighted by Gasteiger charge is -2.56. The molecule has 1 aliphatic carbocycles. The minimum atomic E-state index is -0.0596. The molecule has 7 rings (SSSR count).